The van der Waals surface area contributed by atoms with Crippen LogP contribution in [0.15, 0.2) is 72.8 Å². The highest BCUT2D eigenvalue weighted by Crippen LogP contribution is 2.19. The third-order valence-corrected chi connectivity index (χ3v) is 2.53. The van der Waals surface area contributed by atoms with E-state index in [1.807, 2.05) is 54.6 Å². The Labute approximate surface area is 105 Å². The summed E-state index contributed by atoms with van der Waals surface area (Å²) < 4.78 is 23.7. The van der Waals surface area contributed by atoms with Crippen LogP contribution in [-0.4, -0.2) is 0 Å². The smallest absolute Gasteiger partial charge is 0.173 e. The summed E-state index contributed by atoms with van der Waals surface area (Å²) >= 11 is 0. The third-order valence-electron chi connectivity index (χ3n) is 2.53. The number of benzene rings is 2. The van der Waals surface area contributed by atoms with Crippen LogP contribution >= 0.6 is 0 Å². The average molecular weight is 242 g/mol. The van der Waals surface area contributed by atoms with Crippen molar-refractivity contribution in [2.24, 2.45) is 0 Å². The molecule has 0 N–H and O–H groups in total. The Hall–Kier alpha value is -2.22. The Morgan fingerprint density at radius 3 is 2.00 bits per heavy atom. The van der Waals surface area contributed by atoms with Crippen molar-refractivity contribution in [3.8, 4) is 11.1 Å². The molecule has 0 aliphatic heterocycles. The molecule has 0 radical (unpaired) electrons. The molecule has 2 aromatic carbocycles. The molecule has 2 heteroatoms. The van der Waals surface area contributed by atoms with Crippen molar-refractivity contribution < 1.29 is 8.78 Å². The van der Waals surface area contributed by atoms with Gasteiger partial charge in [-0.05, 0) is 16.7 Å². The Morgan fingerprint density at radius 2 is 1.39 bits per heavy atom. The predicted molar refractivity (Wildman–Crippen MR) is 71.2 cm³/mol. The molecular weight excluding hydrogens is 230 g/mol. The van der Waals surface area contributed by atoms with Gasteiger partial charge in [0.25, 0.3) is 6.08 Å². The fourth-order valence-electron chi connectivity index (χ4n) is 1.65. The molecule has 0 unspecified atom stereocenters. The van der Waals surface area contributed by atoms with Crippen molar-refractivity contribution in [3.05, 3.63) is 78.4 Å². The van der Waals surface area contributed by atoms with E-state index in [4.69, 9.17) is 0 Å². The van der Waals surface area contributed by atoms with Gasteiger partial charge in [-0.15, -0.1) is 0 Å². The molecule has 0 fully saturated rings. The Balaban J connectivity index is 2.16. The van der Waals surface area contributed by atoms with Gasteiger partial charge in [0.05, 0.1) is 0 Å². The molecule has 90 valence electrons. The number of halogens is 2. The zero-order valence-electron chi connectivity index (χ0n) is 9.68. The Kier molecular flexibility index (Phi) is 4.02. The van der Waals surface area contributed by atoms with E-state index >= 15 is 0 Å². The van der Waals surface area contributed by atoms with Gasteiger partial charge < -0.3 is 0 Å². The molecule has 0 nitrogen and oxygen atoms in total. The summed E-state index contributed by atoms with van der Waals surface area (Å²) in [7, 11) is 0. The van der Waals surface area contributed by atoms with Gasteiger partial charge in [0.1, 0.15) is 0 Å². The number of allylic oxidation sites excluding steroid dienone is 2. The van der Waals surface area contributed by atoms with E-state index in [9.17, 15) is 8.78 Å². The second-order valence-corrected chi connectivity index (χ2v) is 3.80. The van der Waals surface area contributed by atoms with E-state index < -0.39 is 6.08 Å². The molecule has 0 aromatic heterocycles. The summed E-state index contributed by atoms with van der Waals surface area (Å²) in [5, 5.41) is 0. The maximum Gasteiger partial charge on any atom is 0.270 e. The lowest BCUT2D eigenvalue weighted by molar-refractivity contribution is 0.422. The van der Waals surface area contributed by atoms with Crippen LogP contribution in [0.1, 0.15) is 5.56 Å². The molecule has 0 aliphatic rings. The lowest BCUT2D eigenvalue weighted by Gasteiger charge is -2.01. The van der Waals surface area contributed by atoms with Crippen molar-refractivity contribution in [3.63, 3.8) is 0 Å². The minimum absolute atomic E-state index is 0.783. The van der Waals surface area contributed by atoms with E-state index in [1.165, 1.54) is 6.08 Å². The highest BCUT2D eigenvalue weighted by atomic mass is 19.3. The Morgan fingerprint density at radius 1 is 0.778 bits per heavy atom. The van der Waals surface area contributed by atoms with Gasteiger partial charge in [-0.1, -0.05) is 66.7 Å². The van der Waals surface area contributed by atoms with Crippen LogP contribution < -0.4 is 0 Å². The summed E-state index contributed by atoms with van der Waals surface area (Å²) in [6, 6.07) is 17.8. The first-order chi connectivity index (χ1) is 8.75. The van der Waals surface area contributed by atoms with Crippen LogP contribution in [0.25, 0.3) is 17.2 Å². The Bertz CT molecular complexity index is 547. The SMILES string of the molecule is FC(F)=C/C=C/c1ccc(-c2ccccc2)cc1. The number of rotatable bonds is 3. The van der Waals surface area contributed by atoms with Crippen molar-refractivity contribution in [2.75, 3.05) is 0 Å². The van der Waals surface area contributed by atoms with Crippen LogP contribution in [-0.2, 0) is 0 Å². The van der Waals surface area contributed by atoms with E-state index in [0.717, 1.165) is 22.8 Å². The standard InChI is InChI=1S/C16H12F2/c17-16(18)8-4-5-13-9-11-15(12-10-13)14-6-2-1-3-7-14/h1-12H/b5-4+. The van der Waals surface area contributed by atoms with Gasteiger partial charge in [0.15, 0.2) is 0 Å². The van der Waals surface area contributed by atoms with E-state index in [2.05, 4.69) is 0 Å². The van der Waals surface area contributed by atoms with Gasteiger partial charge in [0.2, 0.25) is 0 Å². The monoisotopic (exact) mass is 242 g/mol. The van der Waals surface area contributed by atoms with E-state index in [0.29, 0.717) is 0 Å². The molecule has 2 aromatic rings. The average Bonchev–Trinajstić information content (AvgIpc) is 2.40. The summed E-state index contributed by atoms with van der Waals surface area (Å²) in [4.78, 5) is 0. The lowest BCUT2D eigenvalue weighted by Crippen LogP contribution is -1.77. The highest BCUT2D eigenvalue weighted by Gasteiger charge is 1.95. The minimum Gasteiger partial charge on any atom is -0.173 e. The van der Waals surface area contributed by atoms with E-state index in [-0.39, 0.29) is 0 Å². The van der Waals surface area contributed by atoms with Crippen LogP contribution in [0.2, 0.25) is 0 Å². The molecule has 0 saturated carbocycles. The van der Waals surface area contributed by atoms with Crippen molar-refractivity contribution >= 4 is 6.08 Å². The molecule has 2 rings (SSSR count). The fraction of sp³-hybridized carbons (Fsp3) is 0. The van der Waals surface area contributed by atoms with Crippen LogP contribution in [0, 0.1) is 0 Å². The molecule has 18 heavy (non-hydrogen) atoms. The minimum atomic E-state index is -1.69. The summed E-state index contributed by atoms with van der Waals surface area (Å²) in [5.74, 6) is 0. The molecule has 0 amide bonds. The van der Waals surface area contributed by atoms with Crippen LogP contribution in [0.3, 0.4) is 0 Å². The molecule has 0 heterocycles. The van der Waals surface area contributed by atoms with Crippen LogP contribution in [0.4, 0.5) is 8.78 Å². The first kappa shape index (κ1) is 12.2. The third kappa shape index (κ3) is 3.39. The number of hydrogen-bond donors (Lipinski definition) is 0. The van der Waals surface area contributed by atoms with Gasteiger partial charge >= 0.3 is 0 Å². The van der Waals surface area contributed by atoms with Crippen molar-refractivity contribution in [1.82, 2.24) is 0 Å². The van der Waals surface area contributed by atoms with Crippen molar-refractivity contribution in [2.45, 2.75) is 0 Å². The normalized spacial score (nSPS) is 10.6. The summed E-state index contributed by atoms with van der Waals surface area (Å²) in [5.41, 5.74) is 3.15. The van der Waals surface area contributed by atoms with Gasteiger partial charge in [-0.2, -0.15) is 8.78 Å². The second kappa shape index (κ2) is 5.92. The first-order valence-electron chi connectivity index (χ1n) is 5.60. The second-order valence-electron chi connectivity index (χ2n) is 3.80. The van der Waals surface area contributed by atoms with Gasteiger partial charge in [-0.25, -0.2) is 0 Å². The quantitative estimate of drug-likeness (QED) is 0.653. The van der Waals surface area contributed by atoms with E-state index in [1.54, 1.807) is 6.08 Å². The fourth-order valence-corrected chi connectivity index (χ4v) is 1.65. The lowest BCUT2D eigenvalue weighted by atomic mass is 10.0. The molecule has 0 aliphatic carbocycles. The highest BCUT2D eigenvalue weighted by molar-refractivity contribution is 5.65. The van der Waals surface area contributed by atoms with Crippen molar-refractivity contribution in [1.29, 1.82) is 0 Å². The maximum absolute atomic E-state index is 11.8. The summed E-state index contributed by atoms with van der Waals surface area (Å²) in [6.45, 7) is 0. The van der Waals surface area contributed by atoms with Crippen LogP contribution in [0.5, 0.6) is 0 Å². The largest absolute Gasteiger partial charge is 0.270 e. The predicted octanol–water partition coefficient (Wildman–Crippen LogP) is 5.15. The zero-order chi connectivity index (χ0) is 12.8. The van der Waals surface area contributed by atoms with Gasteiger partial charge in [-0.3, -0.25) is 0 Å². The molecule has 0 spiro atoms. The van der Waals surface area contributed by atoms with Gasteiger partial charge in [0, 0.05) is 6.08 Å². The molecular formula is C16H12F2. The molecule has 0 atom stereocenters. The number of hydrogen-bond acceptors (Lipinski definition) is 0. The molecule has 0 bridgehead atoms. The maximum atomic E-state index is 11.8. The summed E-state index contributed by atoms with van der Waals surface area (Å²) in [6.07, 6.45) is 2.08. The zero-order valence-corrected chi connectivity index (χ0v) is 9.68. The topological polar surface area (TPSA) is 0 Å². The molecule has 0 saturated heterocycles. The first-order valence-corrected chi connectivity index (χ1v) is 5.60.